The number of carbonyl (C=O) groups is 2. The van der Waals surface area contributed by atoms with Crippen molar-refractivity contribution in [3.8, 4) is 0 Å². The lowest BCUT2D eigenvalue weighted by Crippen LogP contribution is -2.56. The molecular formula is C19H26BrN3O2S. The first kappa shape index (κ1) is 19.7. The van der Waals surface area contributed by atoms with Crippen LogP contribution in [0, 0.1) is 0 Å². The second-order valence-corrected chi connectivity index (χ2v) is 8.90. The second-order valence-electron chi connectivity index (χ2n) is 6.88. The molecule has 2 aliphatic rings. The van der Waals surface area contributed by atoms with E-state index >= 15 is 0 Å². The number of hydrogen-bond donors (Lipinski definition) is 1. The van der Waals surface area contributed by atoms with Gasteiger partial charge in [-0.3, -0.25) is 14.5 Å². The highest BCUT2D eigenvalue weighted by molar-refractivity contribution is 9.10. The Morgan fingerprint density at radius 2 is 1.96 bits per heavy atom. The number of fused-ring (bicyclic) bond motifs is 1. The summed E-state index contributed by atoms with van der Waals surface area (Å²) in [6, 6.07) is 8.08. The lowest BCUT2D eigenvalue weighted by Gasteiger charge is -2.44. The maximum absolute atomic E-state index is 12.4. The molecule has 5 nitrogen and oxygen atoms in total. The van der Waals surface area contributed by atoms with Gasteiger partial charge in [-0.05, 0) is 43.7 Å². The number of benzene rings is 1. The van der Waals surface area contributed by atoms with Crippen LogP contribution in [-0.4, -0.2) is 65.3 Å². The van der Waals surface area contributed by atoms with E-state index < -0.39 is 0 Å². The molecule has 1 N–H and O–H groups in total. The Labute approximate surface area is 168 Å². The molecule has 0 saturated carbocycles. The van der Waals surface area contributed by atoms with Crippen molar-refractivity contribution in [2.45, 2.75) is 31.7 Å². The Balaban J connectivity index is 1.32. The van der Waals surface area contributed by atoms with Crippen LogP contribution in [0.15, 0.2) is 28.7 Å². The number of nitrogens with zero attached hydrogens (tertiary/aromatic N) is 2. The standard InChI is InChI=1S/C19H26BrN3O2S/c20-15-4-6-16(7-5-15)21-18(24)14-26-12-8-19(25)23-11-10-22-9-2-1-3-17(22)13-23/h4-7,17H,1-3,8-14H2,(H,21,24). The first-order chi connectivity index (χ1) is 12.6. The minimum atomic E-state index is -0.0272. The van der Waals surface area contributed by atoms with Crippen molar-refractivity contribution < 1.29 is 9.59 Å². The number of hydrogen-bond acceptors (Lipinski definition) is 4. The Bertz CT molecular complexity index is 626. The molecule has 142 valence electrons. The maximum atomic E-state index is 12.4. The summed E-state index contributed by atoms with van der Waals surface area (Å²) in [5, 5.41) is 2.87. The fraction of sp³-hybridized carbons (Fsp3) is 0.579. The van der Waals surface area contributed by atoms with Gasteiger partial charge in [0.05, 0.1) is 5.75 Å². The van der Waals surface area contributed by atoms with E-state index in [9.17, 15) is 9.59 Å². The van der Waals surface area contributed by atoms with Crippen molar-refractivity contribution in [2.75, 3.05) is 43.0 Å². The molecule has 0 aromatic heterocycles. The number of nitrogens with one attached hydrogen (secondary N) is 1. The highest BCUT2D eigenvalue weighted by Crippen LogP contribution is 2.21. The van der Waals surface area contributed by atoms with Gasteiger partial charge >= 0.3 is 0 Å². The predicted molar refractivity (Wildman–Crippen MR) is 111 cm³/mol. The number of rotatable bonds is 6. The quantitative estimate of drug-likeness (QED) is 0.691. The Kier molecular flexibility index (Phi) is 7.40. The highest BCUT2D eigenvalue weighted by atomic mass is 79.9. The van der Waals surface area contributed by atoms with Gasteiger partial charge in [0, 0.05) is 48.0 Å². The summed E-state index contributed by atoms with van der Waals surface area (Å²) in [5.41, 5.74) is 0.792. The van der Waals surface area contributed by atoms with Crippen molar-refractivity contribution in [2.24, 2.45) is 0 Å². The number of thioether (sulfide) groups is 1. The Hall–Kier alpha value is -1.05. The molecule has 2 saturated heterocycles. The number of anilines is 1. The van der Waals surface area contributed by atoms with Gasteiger partial charge in [-0.2, -0.15) is 11.8 Å². The largest absolute Gasteiger partial charge is 0.340 e. The van der Waals surface area contributed by atoms with E-state index in [1.807, 2.05) is 29.2 Å². The summed E-state index contributed by atoms with van der Waals surface area (Å²) < 4.78 is 0.984. The van der Waals surface area contributed by atoms with E-state index in [0.717, 1.165) is 29.8 Å². The van der Waals surface area contributed by atoms with E-state index in [4.69, 9.17) is 0 Å². The van der Waals surface area contributed by atoms with Crippen LogP contribution in [0.2, 0.25) is 0 Å². The molecule has 26 heavy (non-hydrogen) atoms. The van der Waals surface area contributed by atoms with Gasteiger partial charge in [0.1, 0.15) is 0 Å². The van der Waals surface area contributed by atoms with Crippen LogP contribution in [0.3, 0.4) is 0 Å². The van der Waals surface area contributed by atoms with Crippen molar-refractivity contribution in [1.29, 1.82) is 0 Å². The summed E-state index contributed by atoms with van der Waals surface area (Å²) in [6.45, 7) is 3.94. The number of piperidine rings is 1. The lowest BCUT2D eigenvalue weighted by molar-refractivity contribution is -0.134. The molecule has 2 aliphatic heterocycles. The molecule has 1 aromatic rings. The van der Waals surface area contributed by atoms with E-state index in [2.05, 4.69) is 26.1 Å². The van der Waals surface area contributed by atoms with Gasteiger partial charge in [-0.15, -0.1) is 0 Å². The topological polar surface area (TPSA) is 52.7 Å². The predicted octanol–water partition coefficient (Wildman–Crippen LogP) is 3.21. The number of carbonyl (C=O) groups excluding carboxylic acids is 2. The van der Waals surface area contributed by atoms with E-state index in [1.54, 1.807) is 0 Å². The smallest absolute Gasteiger partial charge is 0.234 e. The van der Waals surface area contributed by atoms with Gasteiger partial charge < -0.3 is 10.2 Å². The summed E-state index contributed by atoms with van der Waals surface area (Å²) in [4.78, 5) is 28.9. The SMILES string of the molecule is O=C(CSCCC(=O)N1CCN2CCCCC2C1)Nc1ccc(Br)cc1. The van der Waals surface area contributed by atoms with Crippen LogP contribution < -0.4 is 5.32 Å². The molecule has 0 bridgehead atoms. The van der Waals surface area contributed by atoms with Crippen LogP contribution in [-0.2, 0) is 9.59 Å². The van der Waals surface area contributed by atoms with Gasteiger partial charge in [-0.25, -0.2) is 0 Å². The normalized spacial score (nSPS) is 20.5. The van der Waals surface area contributed by atoms with Crippen LogP contribution in [0.4, 0.5) is 5.69 Å². The van der Waals surface area contributed by atoms with Crippen LogP contribution in [0.25, 0.3) is 0 Å². The molecular weight excluding hydrogens is 414 g/mol. The van der Waals surface area contributed by atoms with Gasteiger partial charge in [0.2, 0.25) is 11.8 Å². The molecule has 0 aliphatic carbocycles. The first-order valence-electron chi connectivity index (χ1n) is 9.27. The Morgan fingerprint density at radius 1 is 1.15 bits per heavy atom. The van der Waals surface area contributed by atoms with Crippen molar-refractivity contribution in [1.82, 2.24) is 9.80 Å². The fourth-order valence-corrected chi connectivity index (χ4v) is 4.58. The molecule has 1 aromatic carbocycles. The lowest BCUT2D eigenvalue weighted by atomic mass is 9.99. The third kappa shape index (κ3) is 5.72. The second kappa shape index (κ2) is 9.76. The van der Waals surface area contributed by atoms with Crippen molar-refractivity contribution >= 4 is 45.2 Å². The van der Waals surface area contributed by atoms with Crippen LogP contribution in [0.5, 0.6) is 0 Å². The highest BCUT2D eigenvalue weighted by Gasteiger charge is 2.30. The number of halogens is 1. The van der Waals surface area contributed by atoms with Crippen LogP contribution in [0.1, 0.15) is 25.7 Å². The van der Waals surface area contributed by atoms with Crippen molar-refractivity contribution in [3.63, 3.8) is 0 Å². The van der Waals surface area contributed by atoms with Crippen molar-refractivity contribution in [3.05, 3.63) is 28.7 Å². The Morgan fingerprint density at radius 3 is 2.77 bits per heavy atom. The van der Waals surface area contributed by atoms with Crippen LogP contribution >= 0.6 is 27.7 Å². The van der Waals surface area contributed by atoms with Gasteiger partial charge in [-0.1, -0.05) is 22.4 Å². The zero-order valence-electron chi connectivity index (χ0n) is 15.0. The third-order valence-electron chi connectivity index (χ3n) is 5.01. The van der Waals surface area contributed by atoms with E-state index in [0.29, 0.717) is 24.0 Å². The monoisotopic (exact) mass is 439 g/mol. The van der Waals surface area contributed by atoms with E-state index in [1.165, 1.54) is 37.6 Å². The first-order valence-corrected chi connectivity index (χ1v) is 11.2. The molecule has 7 heteroatoms. The zero-order chi connectivity index (χ0) is 18.4. The van der Waals surface area contributed by atoms with E-state index in [-0.39, 0.29) is 11.8 Å². The number of piperazine rings is 1. The van der Waals surface area contributed by atoms with Gasteiger partial charge in [0.25, 0.3) is 0 Å². The van der Waals surface area contributed by atoms with Gasteiger partial charge in [0.15, 0.2) is 0 Å². The minimum absolute atomic E-state index is 0.0272. The molecule has 3 rings (SSSR count). The number of amides is 2. The summed E-state index contributed by atoms with van der Waals surface area (Å²) in [6.07, 6.45) is 4.31. The molecule has 2 fully saturated rings. The minimum Gasteiger partial charge on any atom is -0.340 e. The molecule has 1 unspecified atom stereocenters. The summed E-state index contributed by atoms with van der Waals surface area (Å²) in [5.74, 6) is 1.27. The zero-order valence-corrected chi connectivity index (χ0v) is 17.4. The molecule has 0 spiro atoms. The average molecular weight is 440 g/mol. The fourth-order valence-electron chi connectivity index (χ4n) is 3.60. The molecule has 1 atom stereocenters. The molecule has 0 radical (unpaired) electrons. The third-order valence-corrected chi connectivity index (χ3v) is 6.50. The maximum Gasteiger partial charge on any atom is 0.234 e. The molecule has 2 heterocycles. The summed E-state index contributed by atoms with van der Waals surface area (Å²) >= 11 is 4.89. The molecule has 2 amide bonds. The summed E-state index contributed by atoms with van der Waals surface area (Å²) in [7, 11) is 0. The average Bonchev–Trinajstić information content (AvgIpc) is 2.66.